The zero-order valence-corrected chi connectivity index (χ0v) is 11.7. The van der Waals surface area contributed by atoms with Crippen LogP contribution in [0.4, 0.5) is 0 Å². The van der Waals surface area contributed by atoms with Crippen LogP contribution in [-0.4, -0.2) is 33.4 Å². The highest BCUT2D eigenvalue weighted by atomic mass is 32.1. The molecule has 5 nitrogen and oxygen atoms in total. The molecule has 2 aromatic rings. The summed E-state index contributed by atoms with van der Waals surface area (Å²) < 4.78 is 2.29. The van der Waals surface area contributed by atoms with Crippen LogP contribution in [0.25, 0.3) is 11.0 Å². The molecule has 0 bridgehead atoms. The second-order valence-corrected chi connectivity index (χ2v) is 5.33. The maximum absolute atomic E-state index is 12.2. The van der Waals surface area contributed by atoms with Gasteiger partial charge in [-0.1, -0.05) is 0 Å². The van der Waals surface area contributed by atoms with Gasteiger partial charge in [-0.15, -0.1) is 0 Å². The number of amides is 1. The van der Waals surface area contributed by atoms with E-state index in [0.717, 1.165) is 37.0 Å². The average Bonchev–Trinajstić information content (AvgIpc) is 3.07. The van der Waals surface area contributed by atoms with Crippen molar-refractivity contribution in [1.29, 1.82) is 5.26 Å². The number of carbonyl (C=O) groups excluding carboxylic acids is 1. The Morgan fingerprint density at radius 1 is 1.40 bits per heavy atom. The monoisotopic (exact) mass is 286 g/mol. The fourth-order valence-corrected chi connectivity index (χ4v) is 2.85. The third-order valence-electron chi connectivity index (χ3n) is 3.66. The van der Waals surface area contributed by atoms with Crippen LogP contribution < -0.4 is 0 Å². The smallest absolute Gasteiger partial charge is 0.242 e. The van der Waals surface area contributed by atoms with Gasteiger partial charge in [-0.25, -0.2) is 0 Å². The highest BCUT2D eigenvalue weighted by Crippen LogP contribution is 2.17. The number of nitrogens with zero attached hydrogens (tertiary/aromatic N) is 3. The van der Waals surface area contributed by atoms with Crippen molar-refractivity contribution in [1.82, 2.24) is 14.5 Å². The van der Waals surface area contributed by atoms with Crippen LogP contribution in [-0.2, 0) is 11.3 Å². The number of rotatable bonds is 2. The second kappa shape index (κ2) is 5.10. The third kappa shape index (κ3) is 2.21. The quantitative estimate of drug-likeness (QED) is 0.861. The molecule has 2 heterocycles. The van der Waals surface area contributed by atoms with Crippen LogP contribution in [0.2, 0.25) is 0 Å². The van der Waals surface area contributed by atoms with E-state index in [-0.39, 0.29) is 12.5 Å². The first-order valence-electron chi connectivity index (χ1n) is 6.59. The topological polar surface area (TPSA) is 64.8 Å². The van der Waals surface area contributed by atoms with Crippen LogP contribution in [0, 0.1) is 16.1 Å². The maximum atomic E-state index is 12.2. The molecular weight excluding hydrogens is 272 g/mol. The molecule has 0 aliphatic carbocycles. The Labute approximate surface area is 121 Å². The van der Waals surface area contributed by atoms with Gasteiger partial charge in [0.15, 0.2) is 4.77 Å². The first-order valence-corrected chi connectivity index (χ1v) is 7.00. The standard InChI is InChI=1S/C14H14N4OS/c15-8-10-3-4-11-12(7-10)18(14(20)16-11)9-13(19)17-5-1-2-6-17/h3-4,7H,1-2,5-6,9H2,(H,16,20). The molecule has 1 aliphatic heterocycles. The van der Waals surface area contributed by atoms with Gasteiger partial charge in [-0.3, -0.25) is 4.79 Å². The number of nitriles is 1. The average molecular weight is 286 g/mol. The molecule has 102 valence electrons. The highest BCUT2D eigenvalue weighted by molar-refractivity contribution is 7.71. The van der Waals surface area contributed by atoms with Crippen molar-refractivity contribution in [2.75, 3.05) is 13.1 Å². The molecule has 0 unspecified atom stereocenters. The number of aromatic amines is 1. The number of nitrogens with one attached hydrogen (secondary N) is 1. The number of carbonyl (C=O) groups is 1. The van der Waals surface area contributed by atoms with Crippen molar-refractivity contribution in [3.05, 3.63) is 28.5 Å². The molecule has 1 saturated heterocycles. The summed E-state index contributed by atoms with van der Waals surface area (Å²) in [5.41, 5.74) is 2.22. The van der Waals surface area contributed by atoms with Crippen molar-refractivity contribution >= 4 is 29.2 Å². The van der Waals surface area contributed by atoms with Crippen LogP contribution in [0.5, 0.6) is 0 Å². The van der Waals surface area contributed by atoms with Gasteiger partial charge in [0.1, 0.15) is 6.54 Å². The lowest BCUT2D eigenvalue weighted by Gasteiger charge is -2.15. The van der Waals surface area contributed by atoms with Gasteiger partial charge in [-0.05, 0) is 43.3 Å². The lowest BCUT2D eigenvalue weighted by Crippen LogP contribution is -2.31. The van der Waals surface area contributed by atoms with Crippen molar-refractivity contribution in [3.8, 4) is 6.07 Å². The van der Waals surface area contributed by atoms with Crippen LogP contribution in [0.3, 0.4) is 0 Å². The molecule has 1 fully saturated rings. The Hall–Kier alpha value is -2.13. The van der Waals surface area contributed by atoms with Crippen molar-refractivity contribution < 1.29 is 4.79 Å². The van der Waals surface area contributed by atoms with Crippen LogP contribution in [0.15, 0.2) is 18.2 Å². The third-order valence-corrected chi connectivity index (χ3v) is 3.98. The predicted octanol–water partition coefficient (Wildman–Crippen LogP) is 2.19. The molecule has 0 spiro atoms. The van der Waals surface area contributed by atoms with E-state index >= 15 is 0 Å². The number of likely N-dealkylation sites (tertiary alicyclic amines) is 1. The van der Waals surface area contributed by atoms with Gasteiger partial charge in [0.05, 0.1) is 22.7 Å². The van der Waals surface area contributed by atoms with E-state index in [0.29, 0.717) is 10.3 Å². The van der Waals surface area contributed by atoms with Gasteiger partial charge in [0.25, 0.3) is 0 Å². The van der Waals surface area contributed by atoms with Gasteiger partial charge >= 0.3 is 0 Å². The molecule has 1 aromatic carbocycles. The Kier molecular flexibility index (Phi) is 3.28. The van der Waals surface area contributed by atoms with Crippen molar-refractivity contribution in [3.63, 3.8) is 0 Å². The molecular formula is C14H14N4OS. The molecule has 1 aliphatic rings. The second-order valence-electron chi connectivity index (χ2n) is 4.95. The van der Waals surface area contributed by atoms with E-state index in [9.17, 15) is 4.79 Å². The van der Waals surface area contributed by atoms with Crippen molar-refractivity contribution in [2.45, 2.75) is 19.4 Å². The summed E-state index contributed by atoms with van der Waals surface area (Å²) in [6.45, 7) is 1.89. The number of benzene rings is 1. The van der Waals surface area contributed by atoms with E-state index in [4.69, 9.17) is 17.5 Å². The summed E-state index contributed by atoms with van der Waals surface area (Å²) in [4.78, 5) is 17.2. The van der Waals surface area contributed by atoms with Gasteiger partial charge in [-0.2, -0.15) is 5.26 Å². The Balaban J connectivity index is 1.98. The Bertz CT molecular complexity index is 762. The lowest BCUT2D eigenvalue weighted by atomic mass is 10.2. The normalized spacial score (nSPS) is 14.7. The Morgan fingerprint density at radius 2 is 2.15 bits per heavy atom. The van der Waals surface area contributed by atoms with Gasteiger partial charge < -0.3 is 14.5 Å². The van der Waals surface area contributed by atoms with Gasteiger partial charge in [0.2, 0.25) is 5.91 Å². The number of H-pyrrole nitrogens is 1. The number of aromatic nitrogens is 2. The van der Waals surface area contributed by atoms with E-state index < -0.39 is 0 Å². The number of hydrogen-bond acceptors (Lipinski definition) is 3. The predicted molar refractivity (Wildman–Crippen MR) is 77.7 cm³/mol. The fourth-order valence-electron chi connectivity index (χ4n) is 2.58. The molecule has 20 heavy (non-hydrogen) atoms. The van der Waals surface area contributed by atoms with Crippen LogP contribution >= 0.6 is 12.2 Å². The highest BCUT2D eigenvalue weighted by Gasteiger charge is 2.19. The summed E-state index contributed by atoms with van der Waals surface area (Å²) in [5.74, 6) is 0.0851. The minimum absolute atomic E-state index is 0.0851. The maximum Gasteiger partial charge on any atom is 0.242 e. The number of imidazole rings is 1. The largest absolute Gasteiger partial charge is 0.341 e. The number of fused-ring (bicyclic) bond motifs is 1. The van der Waals surface area contributed by atoms with E-state index in [1.165, 1.54) is 0 Å². The minimum atomic E-state index is 0.0851. The fraction of sp³-hybridized carbons (Fsp3) is 0.357. The van der Waals surface area contributed by atoms with Crippen LogP contribution in [0.1, 0.15) is 18.4 Å². The lowest BCUT2D eigenvalue weighted by molar-refractivity contribution is -0.130. The SMILES string of the molecule is N#Cc1ccc2[nH]c(=S)n(CC(=O)N3CCCC3)c2c1. The molecule has 1 N–H and O–H groups in total. The Morgan fingerprint density at radius 3 is 2.85 bits per heavy atom. The molecule has 0 atom stereocenters. The van der Waals surface area contributed by atoms with E-state index in [1.807, 2.05) is 11.0 Å². The summed E-state index contributed by atoms with van der Waals surface area (Å²) in [6, 6.07) is 7.43. The summed E-state index contributed by atoms with van der Waals surface area (Å²) in [6.07, 6.45) is 2.15. The summed E-state index contributed by atoms with van der Waals surface area (Å²) in [7, 11) is 0. The first-order chi connectivity index (χ1) is 9.69. The molecule has 3 rings (SSSR count). The molecule has 0 radical (unpaired) electrons. The zero-order chi connectivity index (χ0) is 14.1. The number of hydrogen-bond donors (Lipinski definition) is 1. The molecule has 0 saturated carbocycles. The van der Waals surface area contributed by atoms with Crippen molar-refractivity contribution in [2.24, 2.45) is 0 Å². The summed E-state index contributed by atoms with van der Waals surface area (Å²) in [5, 5.41) is 8.98. The first kappa shape index (κ1) is 12.9. The van der Waals surface area contributed by atoms with E-state index in [2.05, 4.69) is 11.1 Å². The molecule has 1 amide bonds. The zero-order valence-electron chi connectivity index (χ0n) is 10.9. The summed E-state index contributed by atoms with van der Waals surface area (Å²) >= 11 is 5.28. The molecule has 6 heteroatoms. The molecule has 1 aromatic heterocycles. The van der Waals surface area contributed by atoms with Gasteiger partial charge in [0, 0.05) is 13.1 Å². The van der Waals surface area contributed by atoms with E-state index in [1.54, 1.807) is 16.7 Å². The minimum Gasteiger partial charge on any atom is -0.341 e.